The summed E-state index contributed by atoms with van der Waals surface area (Å²) in [6, 6.07) is 8.88. The monoisotopic (exact) mass is 501 g/mol. The molecule has 1 fully saturated rings. The molecular weight excluding hydrogens is 483 g/mol. The predicted molar refractivity (Wildman–Crippen MR) is 125 cm³/mol. The van der Waals surface area contributed by atoms with Crippen LogP contribution in [0.3, 0.4) is 0 Å². The number of benzene rings is 1. The molecule has 1 atom stereocenters. The van der Waals surface area contributed by atoms with Crippen molar-refractivity contribution in [1.82, 2.24) is 9.97 Å². The number of aromatic nitrogens is 2. The number of alkyl halides is 2. The zero-order chi connectivity index (χ0) is 24.9. The highest BCUT2D eigenvalue weighted by molar-refractivity contribution is 6.30. The third-order valence-electron chi connectivity index (χ3n) is 6.01. The second-order valence-corrected chi connectivity index (χ2v) is 8.94. The minimum absolute atomic E-state index is 0.0877. The van der Waals surface area contributed by atoms with Crippen LogP contribution in [-0.4, -0.2) is 47.3 Å². The third-order valence-corrected chi connectivity index (χ3v) is 6.31. The molecule has 2 aliphatic rings. The minimum Gasteiger partial charge on any atom is -0.344 e. The number of fused-ring (bicyclic) bond motifs is 3. The molecule has 11 heteroatoms. The van der Waals surface area contributed by atoms with Crippen molar-refractivity contribution >= 4 is 40.6 Å². The van der Waals surface area contributed by atoms with Gasteiger partial charge in [0.05, 0.1) is 35.4 Å². The molecule has 0 aliphatic carbocycles. The Morgan fingerprint density at radius 2 is 1.97 bits per heavy atom. The molecule has 2 amide bonds. The second-order valence-electron chi connectivity index (χ2n) is 8.53. The molecule has 0 saturated carbocycles. The molecule has 0 radical (unpaired) electrons. The number of anilines is 3. The van der Waals surface area contributed by atoms with Crippen LogP contribution in [0.2, 0.25) is 5.02 Å². The lowest BCUT2D eigenvalue weighted by molar-refractivity contribution is -0.122. The van der Waals surface area contributed by atoms with Crippen LogP contribution in [0.25, 0.3) is 11.1 Å². The average Bonchev–Trinajstić information content (AvgIpc) is 2.89. The van der Waals surface area contributed by atoms with Crippen molar-refractivity contribution in [3.05, 3.63) is 65.3 Å². The highest BCUT2D eigenvalue weighted by atomic mass is 35.5. The molecule has 1 saturated heterocycles. The molecule has 2 aromatic heterocycles. The van der Waals surface area contributed by atoms with E-state index in [2.05, 4.69) is 15.3 Å². The number of carbonyl (C=O) groups excluding carboxylic acids is 2. The zero-order valence-corrected chi connectivity index (χ0v) is 19.2. The molecule has 4 heterocycles. The quantitative estimate of drug-likeness (QED) is 0.570. The lowest BCUT2D eigenvalue weighted by Gasteiger charge is -2.40. The van der Waals surface area contributed by atoms with Gasteiger partial charge in [-0.3, -0.25) is 14.6 Å². The van der Waals surface area contributed by atoms with Crippen LogP contribution < -0.4 is 15.1 Å². The number of pyridine rings is 2. The van der Waals surface area contributed by atoms with Gasteiger partial charge in [0.1, 0.15) is 18.2 Å². The SMILES string of the molecule is C[C@H]1C(=O)N(CC(=O)Nc2ccc(Cl)c(F)c2)c2cc(N3CC(F)(F)C3)ncc2-c2cccnc21. The molecule has 7 nitrogen and oxygen atoms in total. The standard InChI is InChI=1S/C24H19ClF3N5O2/c1-13-22-15(3-2-6-29-22)16-9-30-20(32-11-24(27,28)12-32)8-19(16)33(23(13)35)10-21(34)31-14-4-5-17(25)18(26)7-14/h2-9,13H,10-12H2,1H3,(H,31,34)/t13-/m1/s1. The van der Waals surface area contributed by atoms with E-state index < -0.39 is 49.1 Å². The first-order valence-electron chi connectivity index (χ1n) is 10.8. The Kier molecular flexibility index (Phi) is 5.63. The van der Waals surface area contributed by atoms with E-state index in [1.165, 1.54) is 34.2 Å². The fraction of sp³-hybridized carbons (Fsp3) is 0.250. The van der Waals surface area contributed by atoms with Crippen molar-refractivity contribution in [3.63, 3.8) is 0 Å². The summed E-state index contributed by atoms with van der Waals surface area (Å²) in [5, 5.41) is 2.48. The third kappa shape index (κ3) is 4.29. The number of nitrogens with zero attached hydrogens (tertiary/aromatic N) is 4. The molecule has 35 heavy (non-hydrogen) atoms. The van der Waals surface area contributed by atoms with Gasteiger partial charge < -0.3 is 15.1 Å². The van der Waals surface area contributed by atoms with Crippen LogP contribution in [0.15, 0.2) is 48.8 Å². The van der Waals surface area contributed by atoms with Gasteiger partial charge in [-0.2, -0.15) is 0 Å². The van der Waals surface area contributed by atoms with E-state index in [-0.39, 0.29) is 16.5 Å². The summed E-state index contributed by atoms with van der Waals surface area (Å²) in [4.78, 5) is 37.8. The number of carbonyl (C=O) groups is 2. The maximum Gasteiger partial charge on any atom is 0.282 e. The lowest BCUT2D eigenvalue weighted by Crippen LogP contribution is -2.56. The van der Waals surface area contributed by atoms with Gasteiger partial charge in [0.2, 0.25) is 11.8 Å². The van der Waals surface area contributed by atoms with Crippen LogP contribution in [-0.2, 0) is 9.59 Å². The summed E-state index contributed by atoms with van der Waals surface area (Å²) in [7, 11) is 0. The van der Waals surface area contributed by atoms with E-state index in [0.29, 0.717) is 22.5 Å². The molecule has 0 unspecified atom stereocenters. The Labute approximate surface area is 203 Å². The highest BCUT2D eigenvalue weighted by Gasteiger charge is 2.45. The molecule has 0 spiro atoms. The molecule has 0 bridgehead atoms. The van der Waals surface area contributed by atoms with Gasteiger partial charge in [-0.1, -0.05) is 17.7 Å². The molecular formula is C24H19ClF3N5O2. The van der Waals surface area contributed by atoms with Crippen LogP contribution in [0.4, 0.5) is 30.4 Å². The normalized spacial score (nSPS) is 18.3. The zero-order valence-electron chi connectivity index (χ0n) is 18.4. The Bertz CT molecular complexity index is 1340. The van der Waals surface area contributed by atoms with Gasteiger partial charge in [-0.05, 0) is 31.2 Å². The summed E-state index contributed by atoms with van der Waals surface area (Å²) in [6.45, 7) is 0.325. The summed E-state index contributed by atoms with van der Waals surface area (Å²) >= 11 is 5.70. The summed E-state index contributed by atoms with van der Waals surface area (Å²) in [5.74, 6) is -4.89. The maximum absolute atomic E-state index is 13.8. The average molecular weight is 502 g/mol. The second kappa shape index (κ2) is 8.53. The van der Waals surface area contributed by atoms with E-state index in [1.54, 1.807) is 25.3 Å². The smallest absolute Gasteiger partial charge is 0.282 e. The van der Waals surface area contributed by atoms with Crippen molar-refractivity contribution in [2.24, 2.45) is 0 Å². The van der Waals surface area contributed by atoms with E-state index >= 15 is 0 Å². The van der Waals surface area contributed by atoms with E-state index in [1.807, 2.05) is 0 Å². The van der Waals surface area contributed by atoms with Crippen molar-refractivity contribution in [3.8, 4) is 11.1 Å². The number of rotatable bonds is 4. The van der Waals surface area contributed by atoms with Gasteiger partial charge in [0, 0.05) is 35.3 Å². The van der Waals surface area contributed by atoms with E-state index in [4.69, 9.17) is 11.6 Å². The maximum atomic E-state index is 13.8. The Hall–Kier alpha value is -3.66. The highest BCUT2D eigenvalue weighted by Crippen LogP contribution is 2.42. The van der Waals surface area contributed by atoms with Crippen LogP contribution in [0.5, 0.6) is 0 Å². The molecule has 1 N–H and O–H groups in total. The molecule has 5 rings (SSSR count). The van der Waals surface area contributed by atoms with Gasteiger partial charge in [-0.15, -0.1) is 0 Å². The van der Waals surface area contributed by atoms with E-state index in [9.17, 15) is 22.8 Å². The molecule has 2 aliphatic heterocycles. The first-order chi connectivity index (χ1) is 16.6. The van der Waals surface area contributed by atoms with Crippen LogP contribution in [0.1, 0.15) is 18.5 Å². The van der Waals surface area contributed by atoms with Gasteiger partial charge in [0.15, 0.2) is 0 Å². The first-order valence-corrected chi connectivity index (χ1v) is 11.2. The van der Waals surface area contributed by atoms with Gasteiger partial charge >= 0.3 is 0 Å². The van der Waals surface area contributed by atoms with Crippen molar-refractivity contribution in [1.29, 1.82) is 0 Å². The number of halogens is 4. The largest absolute Gasteiger partial charge is 0.344 e. The Balaban J connectivity index is 1.52. The van der Waals surface area contributed by atoms with Gasteiger partial charge in [0.25, 0.3) is 5.92 Å². The fourth-order valence-corrected chi connectivity index (χ4v) is 4.37. The Morgan fingerprint density at radius 3 is 2.69 bits per heavy atom. The summed E-state index contributed by atoms with van der Waals surface area (Å²) in [6.07, 6.45) is 3.08. The van der Waals surface area contributed by atoms with Gasteiger partial charge in [-0.25, -0.2) is 18.2 Å². The van der Waals surface area contributed by atoms with Crippen molar-refractivity contribution in [2.75, 3.05) is 34.8 Å². The minimum atomic E-state index is -2.80. The van der Waals surface area contributed by atoms with Crippen molar-refractivity contribution < 1.29 is 22.8 Å². The molecule has 3 aromatic rings. The lowest BCUT2D eigenvalue weighted by atomic mass is 9.98. The molecule has 180 valence electrons. The van der Waals surface area contributed by atoms with E-state index in [0.717, 1.165) is 6.07 Å². The topological polar surface area (TPSA) is 78.4 Å². The number of nitrogens with one attached hydrogen (secondary N) is 1. The first kappa shape index (κ1) is 23.1. The summed E-state index contributed by atoms with van der Waals surface area (Å²) < 4.78 is 40.7. The number of hydrogen-bond donors (Lipinski definition) is 1. The predicted octanol–water partition coefficient (Wildman–Crippen LogP) is 4.48. The van der Waals surface area contributed by atoms with Crippen molar-refractivity contribution in [2.45, 2.75) is 18.8 Å². The fourth-order valence-electron chi connectivity index (χ4n) is 4.25. The van der Waals surface area contributed by atoms with Crippen LogP contribution >= 0.6 is 11.6 Å². The summed E-state index contributed by atoms with van der Waals surface area (Å²) in [5.41, 5.74) is 2.26. The molecule has 1 aromatic carbocycles. The number of amides is 2. The Morgan fingerprint density at radius 1 is 1.20 bits per heavy atom. The number of hydrogen-bond acceptors (Lipinski definition) is 5. The van der Waals surface area contributed by atoms with Crippen LogP contribution in [0, 0.1) is 5.82 Å².